The van der Waals surface area contributed by atoms with E-state index >= 15 is 0 Å². The fourth-order valence-corrected chi connectivity index (χ4v) is 2.36. The van der Waals surface area contributed by atoms with Gasteiger partial charge in [-0.25, -0.2) is 14.1 Å². The Bertz CT molecular complexity index is 859. The second-order valence-electron chi connectivity index (χ2n) is 5.55. The SMILES string of the molecule is Cc1nn(-c2ccc(F)cn2)cc1C#C/C1=C/C=C\C=C/CCC1. The summed E-state index contributed by atoms with van der Waals surface area (Å²) in [7, 11) is 0. The number of allylic oxidation sites excluding steroid dienone is 6. The first-order chi connectivity index (χ1) is 11.7. The summed E-state index contributed by atoms with van der Waals surface area (Å²) in [5, 5.41) is 4.41. The van der Waals surface area contributed by atoms with E-state index in [0.29, 0.717) is 5.82 Å². The van der Waals surface area contributed by atoms with Crippen LogP contribution in [0, 0.1) is 24.6 Å². The van der Waals surface area contributed by atoms with Crippen LogP contribution in [0.2, 0.25) is 0 Å². The maximum atomic E-state index is 13.0. The predicted molar refractivity (Wildman–Crippen MR) is 93.1 cm³/mol. The van der Waals surface area contributed by atoms with Gasteiger partial charge in [0.2, 0.25) is 0 Å². The van der Waals surface area contributed by atoms with E-state index < -0.39 is 0 Å². The third-order valence-corrected chi connectivity index (χ3v) is 3.68. The highest BCUT2D eigenvalue weighted by Crippen LogP contribution is 2.12. The molecule has 2 heterocycles. The van der Waals surface area contributed by atoms with E-state index in [0.717, 1.165) is 36.1 Å². The predicted octanol–water partition coefficient (Wildman–Crippen LogP) is 4.29. The molecule has 1 aliphatic rings. The van der Waals surface area contributed by atoms with E-state index in [2.05, 4.69) is 40.2 Å². The van der Waals surface area contributed by atoms with Crippen molar-refractivity contribution in [2.24, 2.45) is 0 Å². The number of nitrogens with zero attached hydrogens (tertiary/aromatic N) is 3. The van der Waals surface area contributed by atoms with Crippen molar-refractivity contribution in [3.05, 3.63) is 77.6 Å². The van der Waals surface area contributed by atoms with Gasteiger partial charge in [0.25, 0.3) is 0 Å². The van der Waals surface area contributed by atoms with Gasteiger partial charge < -0.3 is 0 Å². The van der Waals surface area contributed by atoms with Gasteiger partial charge in [0.1, 0.15) is 5.82 Å². The molecule has 24 heavy (non-hydrogen) atoms. The van der Waals surface area contributed by atoms with Crippen LogP contribution in [0.5, 0.6) is 0 Å². The van der Waals surface area contributed by atoms with Crippen molar-refractivity contribution < 1.29 is 4.39 Å². The monoisotopic (exact) mass is 319 g/mol. The van der Waals surface area contributed by atoms with Gasteiger partial charge in [-0.1, -0.05) is 42.2 Å². The topological polar surface area (TPSA) is 30.7 Å². The molecule has 3 nitrogen and oxygen atoms in total. The van der Waals surface area contributed by atoms with Crippen molar-refractivity contribution in [2.75, 3.05) is 0 Å². The number of hydrogen-bond donors (Lipinski definition) is 0. The van der Waals surface area contributed by atoms with Crippen molar-refractivity contribution in [3.8, 4) is 17.7 Å². The molecule has 2 aromatic heterocycles. The molecule has 0 bridgehead atoms. The third kappa shape index (κ3) is 4.08. The zero-order valence-electron chi connectivity index (χ0n) is 13.5. The highest BCUT2D eigenvalue weighted by Gasteiger charge is 2.05. The lowest BCUT2D eigenvalue weighted by atomic mass is 10.1. The van der Waals surface area contributed by atoms with Crippen LogP contribution in [0.25, 0.3) is 5.82 Å². The van der Waals surface area contributed by atoms with Crippen LogP contribution < -0.4 is 0 Å². The van der Waals surface area contributed by atoms with Gasteiger partial charge in [-0.15, -0.1) is 0 Å². The number of aromatic nitrogens is 3. The molecule has 2 aromatic rings. The molecular weight excluding hydrogens is 301 g/mol. The van der Waals surface area contributed by atoms with Crippen LogP contribution >= 0.6 is 0 Å². The van der Waals surface area contributed by atoms with Crippen molar-refractivity contribution in [3.63, 3.8) is 0 Å². The molecule has 0 fully saturated rings. The smallest absolute Gasteiger partial charge is 0.153 e. The van der Waals surface area contributed by atoms with Crippen molar-refractivity contribution in [2.45, 2.75) is 26.2 Å². The summed E-state index contributed by atoms with van der Waals surface area (Å²) in [4.78, 5) is 4.04. The highest BCUT2D eigenvalue weighted by molar-refractivity contribution is 5.44. The summed E-state index contributed by atoms with van der Waals surface area (Å²) in [6.45, 7) is 1.91. The summed E-state index contributed by atoms with van der Waals surface area (Å²) < 4.78 is 14.6. The molecule has 0 spiro atoms. The van der Waals surface area contributed by atoms with E-state index in [-0.39, 0.29) is 5.82 Å². The zero-order chi connectivity index (χ0) is 16.8. The Morgan fingerprint density at radius 3 is 2.92 bits per heavy atom. The minimum Gasteiger partial charge on any atom is -0.234 e. The first-order valence-corrected chi connectivity index (χ1v) is 7.95. The fourth-order valence-electron chi connectivity index (χ4n) is 2.36. The van der Waals surface area contributed by atoms with Crippen LogP contribution in [0.15, 0.2) is 60.5 Å². The fraction of sp³-hybridized carbons (Fsp3) is 0.200. The number of pyridine rings is 1. The van der Waals surface area contributed by atoms with Crippen LogP contribution in [0.3, 0.4) is 0 Å². The lowest BCUT2D eigenvalue weighted by Gasteiger charge is -1.98. The Labute approximate surface area is 141 Å². The second kappa shape index (κ2) is 7.56. The second-order valence-corrected chi connectivity index (χ2v) is 5.55. The molecule has 0 radical (unpaired) electrons. The summed E-state index contributed by atoms with van der Waals surface area (Å²) in [6, 6.07) is 2.96. The highest BCUT2D eigenvalue weighted by atomic mass is 19.1. The summed E-state index contributed by atoms with van der Waals surface area (Å²) >= 11 is 0. The van der Waals surface area contributed by atoms with Crippen molar-refractivity contribution >= 4 is 0 Å². The average molecular weight is 319 g/mol. The van der Waals surface area contributed by atoms with E-state index in [1.165, 1.54) is 12.3 Å². The van der Waals surface area contributed by atoms with E-state index in [9.17, 15) is 4.39 Å². The summed E-state index contributed by atoms with van der Waals surface area (Å²) in [5.41, 5.74) is 2.79. The Morgan fingerprint density at radius 1 is 1.17 bits per heavy atom. The van der Waals surface area contributed by atoms with Gasteiger partial charge in [-0.2, -0.15) is 5.10 Å². The summed E-state index contributed by atoms with van der Waals surface area (Å²) in [6.07, 6.45) is 16.5. The van der Waals surface area contributed by atoms with Gasteiger partial charge in [-0.3, -0.25) is 0 Å². The molecule has 0 amide bonds. The van der Waals surface area contributed by atoms with Crippen LogP contribution in [-0.4, -0.2) is 14.8 Å². The maximum absolute atomic E-state index is 13.0. The van der Waals surface area contributed by atoms with Crippen molar-refractivity contribution in [1.29, 1.82) is 0 Å². The van der Waals surface area contributed by atoms with E-state index in [1.54, 1.807) is 10.7 Å². The maximum Gasteiger partial charge on any atom is 0.153 e. The standard InChI is InChI=1S/C20H18FN3/c1-16-18(11-10-17-8-6-4-2-3-5-7-9-17)15-24(23-16)20-13-12-19(21)14-22-20/h2-4,6,8,12-15H,5,7,9H2,1H3/b3-2-,6-4-,17-8+. The molecule has 120 valence electrons. The minimum absolute atomic E-state index is 0.364. The molecule has 0 aliphatic heterocycles. The van der Waals surface area contributed by atoms with Crippen molar-refractivity contribution in [1.82, 2.24) is 14.8 Å². The molecule has 1 aliphatic carbocycles. The Morgan fingerprint density at radius 2 is 2.08 bits per heavy atom. The lowest BCUT2D eigenvalue weighted by Crippen LogP contribution is -1.98. The number of rotatable bonds is 1. The third-order valence-electron chi connectivity index (χ3n) is 3.68. The van der Waals surface area contributed by atoms with Gasteiger partial charge >= 0.3 is 0 Å². The van der Waals surface area contributed by atoms with Gasteiger partial charge in [0, 0.05) is 11.8 Å². The normalized spacial score (nSPS) is 19.0. The molecule has 0 atom stereocenters. The molecule has 0 aromatic carbocycles. The Hall–Kier alpha value is -2.93. The quantitative estimate of drug-likeness (QED) is 0.734. The van der Waals surface area contributed by atoms with Crippen LogP contribution in [0.1, 0.15) is 30.5 Å². The van der Waals surface area contributed by atoms with E-state index in [4.69, 9.17) is 0 Å². The number of halogens is 1. The molecule has 0 saturated heterocycles. The lowest BCUT2D eigenvalue weighted by molar-refractivity contribution is 0.619. The van der Waals surface area contributed by atoms with Gasteiger partial charge in [0.05, 0.1) is 17.5 Å². The summed E-state index contributed by atoms with van der Waals surface area (Å²) in [5.74, 6) is 6.65. The molecule has 0 N–H and O–H groups in total. The van der Waals surface area contributed by atoms with E-state index in [1.807, 2.05) is 25.3 Å². The van der Waals surface area contributed by atoms with Crippen LogP contribution in [-0.2, 0) is 0 Å². The van der Waals surface area contributed by atoms with Gasteiger partial charge in [0.15, 0.2) is 5.82 Å². The number of aryl methyl sites for hydroxylation is 1. The molecule has 3 rings (SSSR count). The van der Waals surface area contributed by atoms with Crippen LogP contribution in [0.4, 0.5) is 4.39 Å². The first kappa shape index (κ1) is 15.9. The largest absolute Gasteiger partial charge is 0.234 e. The molecular formula is C20H18FN3. The number of hydrogen-bond acceptors (Lipinski definition) is 2. The van der Waals surface area contributed by atoms with Gasteiger partial charge in [-0.05, 0) is 38.3 Å². The first-order valence-electron chi connectivity index (χ1n) is 7.95. The molecule has 0 unspecified atom stereocenters. The zero-order valence-corrected chi connectivity index (χ0v) is 13.5. The molecule has 0 saturated carbocycles. The molecule has 4 heteroatoms. The Balaban J connectivity index is 1.83. The average Bonchev–Trinajstić information content (AvgIpc) is 3.00. The minimum atomic E-state index is -0.364. The Kier molecular flexibility index (Phi) is 5.02.